The van der Waals surface area contributed by atoms with Gasteiger partial charge in [0, 0.05) is 6.07 Å². The molecule has 1 aromatic rings. The minimum Gasteiger partial charge on any atom is -0.493 e. The molecule has 9 heteroatoms. The number of pyridine rings is 1. The van der Waals surface area contributed by atoms with E-state index in [1.807, 2.05) is 0 Å². The maximum absolute atomic E-state index is 12.3. The van der Waals surface area contributed by atoms with Crippen molar-refractivity contribution in [2.75, 3.05) is 13.7 Å². The van der Waals surface area contributed by atoms with E-state index in [9.17, 15) is 18.0 Å². The lowest BCUT2D eigenvalue weighted by atomic mass is 10.2. The van der Waals surface area contributed by atoms with E-state index in [1.54, 1.807) is 6.92 Å². The number of alkyl halides is 4. The minimum absolute atomic E-state index is 0.0971. The highest BCUT2D eigenvalue weighted by molar-refractivity contribution is 6.17. The van der Waals surface area contributed by atoms with Crippen molar-refractivity contribution in [2.45, 2.75) is 19.2 Å². The van der Waals surface area contributed by atoms with Crippen LogP contribution in [0.5, 0.6) is 11.5 Å². The Bertz CT molecular complexity index is 468. The Kier molecular flexibility index (Phi) is 5.43. The molecule has 0 bridgehead atoms. The molecule has 1 rings (SSSR count). The van der Waals surface area contributed by atoms with E-state index in [0.717, 1.165) is 13.2 Å². The number of nitrogens with zero attached hydrogens (tertiary/aromatic N) is 1. The fourth-order valence-corrected chi connectivity index (χ4v) is 1.52. The van der Waals surface area contributed by atoms with Crippen molar-refractivity contribution in [1.29, 1.82) is 0 Å². The third kappa shape index (κ3) is 4.16. The van der Waals surface area contributed by atoms with Gasteiger partial charge in [-0.2, -0.15) is 0 Å². The summed E-state index contributed by atoms with van der Waals surface area (Å²) in [4.78, 5) is 15.2. The fourth-order valence-electron chi connectivity index (χ4n) is 1.34. The summed E-state index contributed by atoms with van der Waals surface area (Å²) < 4.78 is 50.2. The summed E-state index contributed by atoms with van der Waals surface area (Å²) in [6, 6.07) is 0.995. The first-order valence-corrected chi connectivity index (χ1v) is 5.92. The summed E-state index contributed by atoms with van der Waals surface area (Å²) >= 11 is 5.53. The Labute approximate surface area is 117 Å². The van der Waals surface area contributed by atoms with Crippen molar-refractivity contribution >= 4 is 17.6 Å². The van der Waals surface area contributed by atoms with Crippen LogP contribution < -0.4 is 9.47 Å². The van der Waals surface area contributed by atoms with Crippen LogP contribution in [0.4, 0.5) is 13.2 Å². The van der Waals surface area contributed by atoms with Crippen molar-refractivity contribution in [2.24, 2.45) is 0 Å². The molecule has 0 radical (unpaired) electrons. The summed E-state index contributed by atoms with van der Waals surface area (Å²) in [5, 5.41) is 0. The average Bonchev–Trinajstić information content (AvgIpc) is 2.37. The van der Waals surface area contributed by atoms with Crippen molar-refractivity contribution < 1.29 is 32.2 Å². The first-order chi connectivity index (χ1) is 9.32. The molecule has 20 heavy (non-hydrogen) atoms. The molecular formula is C11H11ClF3NO4. The SMILES string of the molecule is CCOC(=O)c1cc(OC)c(OC(F)(F)F)c(CCl)n1. The van der Waals surface area contributed by atoms with Gasteiger partial charge >= 0.3 is 12.3 Å². The van der Waals surface area contributed by atoms with E-state index >= 15 is 0 Å². The Morgan fingerprint density at radius 2 is 2.10 bits per heavy atom. The smallest absolute Gasteiger partial charge is 0.493 e. The zero-order chi connectivity index (χ0) is 15.3. The molecule has 0 fully saturated rings. The van der Waals surface area contributed by atoms with Gasteiger partial charge in [-0.05, 0) is 6.92 Å². The predicted molar refractivity (Wildman–Crippen MR) is 63.0 cm³/mol. The Morgan fingerprint density at radius 3 is 2.55 bits per heavy atom. The number of hydrogen-bond acceptors (Lipinski definition) is 5. The first kappa shape index (κ1) is 16.4. The van der Waals surface area contributed by atoms with E-state index in [0.29, 0.717) is 0 Å². The molecule has 0 saturated heterocycles. The highest BCUT2D eigenvalue weighted by atomic mass is 35.5. The molecule has 0 aliphatic carbocycles. The third-order valence-electron chi connectivity index (χ3n) is 2.06. The van der Waals surface area contributed by atoms with E-state index in [4.69, 9.17) is 21.1 Å². The summed E-state index contributed by atoms with van der Waals surface area (Å²) in [6.07, 6.45) is -4.93. The molecule has 5 nitrogen and oxygen atoms in total. The average molecular weight is 314 g/mol. The number of carbonyl (C=O) groups is 1. The fraction of sp³-hybridized carbons (Fsp3) is 0.455. The lowest BCUT2D eigenvalue weighted by molar-refractivity contribution is -0.275. The summed E-state index contributed by atoms with van der Waals surface area (Å²) in [5.74, 6) is -2.18. The van der Waals surface area contributed by atoms with Gasteiger partial charge in [0.1, 0.15) is 5.69 Å². The monoisotopic (exact) mass is 313 g/mol. The van der Waals surface area contributed by atoms with Crippen LogP contribution in [0.2, 0.25) is 0 Å². The lowest BCUT2D eigenvalue weighted by Gasteiger charge is -2.15. The maximum atomic E-state index is 12.3. The van der Waals surface area contributed by atoms with E-state index < -0.39 is 24.0 Å². The minimum atomic E-state index is -4.93. The van der Waals surface area contributed by atoms with Gasteiger partial charge in [-0.3, -0.25) is 0 Å². The lowest BCUT2D eigenvalue weighted by Crippen LogP contribution is -2.20. The Morgan fingerprint density at radius 1 is 1.45 bits per heavy atom. The third-order valence-corrected chi connectivity index (χ3v) is 2.31. The molecule has 0 amide bonds. The number of esters is 1. The maximum Gasteiger partial charge on any atom is 0.573 e. The van der Waals surface area contributed by atoms with Gasteiger partial charge < -0.3 is 14.2 Å². The van der Waals surface area contributed by atoms with Crippen molar-refractivity contribution in [1.82, 2.24) is 4.98 Å². The van der Waals surface area contributed by atoms with Gasteiger partial charge in [0.15, 0.2) is 17.2 Å². The number of aromatic nitrogens is 1. The Balaban J connectivity index is 3.28. The van der Waals surface area contributed by atoms with E-state index in [2.05, 4.69) is 9.72 Å². The number of ether oxygens (including phenoxy) is 3. The molecule has 0 aromatic carbocycles. The molecule has 0 unspecified atom stereocenters. The second-order valence-corrected chi connectivity index (χ2v) is 3.65. The van der Waals surface area contributed by atoms with Gasteiger partial charge in [-0.25, -0.2) is 9.78 Å². The molecule has 0 saturated carbocycles. The summed E-state index contributed by atoms with van der Waals surface area (Å²) in [7, 11) is 1.13. The first-order valence-electron chi connectivity index (χ1n) is 5.39. The normalized spacial score (nSPS) is 11.1. The van der Waals surface area contributed by atoms with Crippen molar-refractivity contribution in [3.05, 3.63) is 17.5 Å². The summed E-state index contributed by atoms with van der Waals surface area (Å²) in [5.41, 5.74) is -0.486. The number of hydrogen-bond donors (Lipinski definition) is 0. The number of carbonyl (C=O) groups excluding carboxylic acids is 1. The van der Waals surface area contributed by atoms with Crippen molar-refractivity contribution in [3.63, 3.8) is 0 Å². The number of rotatable bonds is 5. The van der Waals surface area contributed by atoms with E-state index in [-0.39, 0.29) is 23.7 Å². The molecule has 0 atom stereocenters. The molecular weight excluding hydrogens is 303 g/mol. The second-order valence-electron chi connectivity index (χ2n) is 3.39. The van der Waals surface area contributed by atoms with Gasteiger partial charge in [0.25, 0.3) is 0 Å². The molecule has 0 N–H and O–H groups in total. The molecule has 0 aliphatic heterocycles. The van der Waals surface area contributed by atoms with Gasteiger partial charge in [0.2, 0.25) is 0 Å². The largest absolute Gasteiger partial charge is 0.573 e. The second kappa shape index (κ2) is 6.65. The Hall–Kier alpha value is -1.70. The van der Waals surface area contributed by atoms with Crippen LogP contribution in [0.3, 0.4) is 0 Å². The van der Waals surface area contributed by atoms with Crippen LogP contribution in [-0.4, -0.2) is 31.0 Å². The van der Waals surface area contributed by atoms with Crippen LogP contribution >= 0.6 is 11.6 Å². The topological polar surface area (TPSA) is 57.7 Å². The molecule has 1 heterocycles. The number of methoxy groups -OCH3 is 1. The van der Waals surface area contributed by atoms with Crippen LogP contribution in [0.25, 0.3) is 0 Å². The van der Waals surface area contributed by atoms with Crippen molar-refractivity contribution in [3.8, 4) is 11.5 Å². The standard InChI is InChI=1S/C11H11ClF3NO4/c1-3-19-10(17)6-4-8(18-2)9(7(5-12)16-6)20-11(13,14)15/h4H,3,5H2,1-2H3. The highest BCUT2D eigenvalue weighted by Gasteiger charge is 2.34. The van der Waals surface area contributed by atoms with Gasteiger partial charge in [-0.1, -0.05) is 0 Å². The van der Waals surface area contributed by atoms with Crippen LogP contribution in [0.1, 0.15) is 23.1 Å². The zero-order valence-corrected chi connectivity index (χ0v) is 11.3. The molecule has 0 spiro atoms. The van der Waals surface area contributed by atoms with Crippen LogP contribution in [-0.2, 0) is 10.6 Å². The molecule has 1 aromatic heterocycles. The number of halogens is 4. The van der Waals surface area contributed by atoms with Crippen LogP contribution in [0, 0.1) is 0 Å². The van der Waals surface area contributed by atoms with Crippen LogP contribution in [0.15, 0.2) is 6.07 Å². The van der Waals surface area contributed by atoms with E-state index in [1.165, 1.54) is 0 Å². The zero-order valence-electron chi connectivity index (χ0n) is 10.6. The highest BCUT2D eigenvalue weighted by Crippen LogP contribution is 2.36. The van der Waals surface area contributed by atoms with Gasteiger partial charge in [0.05, 0.1) is 19.6 Å². The predicted octanol–water partition coefficient (Wildman–Crippen LogP) is 2.90. The molecule has 112 valence electrons. The molecule has 0 aliphatic rings. The van der Waals surface area contributed by atoms with Gasteiger partial charge in [-0.15, -0.1) is 24.8 Å². The summed E-state index contributed by atoms with van der Waals surface area (Å²) in [6.45, 7) is 1.68. The quantitative estimate of drug-likeness (QED) is 0.618.